The molecule has 1 aliphatic carbocycles. The normalized spacial score (nSPS) is 17.5. The van der Waals surface area contributed by atoms with Gasteiger partial charge in [0.05, 0.1) is 22.2 Å². The van der Waals surface area contributed by atoms with E-state index in [9.17, 15) is 9.59 Å². The molecule has 6 rings (SSSR count). The smallest absolute Gasteiger partial charge is 0.326 e. The molecule has 0 aromatic heterocycles. The number of amides is 3. The molecule has 2 N–H and O–H groups in total. The number of allylic oxidation sites excluding steroid dienone is 2. The quantitative estimate of drug-likeness (QED) is 0.211. The maximum Gasteiger partial charge on any atom is 0.326 e. The van der Waals surface area contributed by atoms with Gasteiger partial charge in [-0.15, -0.1) is 23.5 Å². The fraction of sp³-hybridized carbons (Fsp3) is 0.118. The Kier molecular flexibility index (Phi) is 8.35. The van der Waals surface area contributed by atoms with Crippen molar-refractivity contribution in [2.75, 3.05) is 15.5 Å². The second kappa shape index (κ2) is 12.6. The first kappa shape index (κ1) is 27.8. The third kappa shape index (κ3) is 6.40. The van der Waals surface area contributed by atoms with E-state index in [0.29, 0.717) is 17.1 Å². The summed E-state index contributed by atoms with van der Waals surface area (Å²) in [6.45, 7) is 1.86. The van der Waals surface area contributed by atoms with Gasteiger partial charge in [0.1, 0.15) is 11.5 Å². The van der Waals surface area contributed by atoms with Gasteiger partial charge >= 0.3 is 6.03 Å². The number of hydrogen-bond donors (Lipinski definition) is 2. The molecule has 1 aliphatic heterocycles. The van der Waals surface area contributed by atoms with E-state index in [1.165, 1.54) is 11.8 Å². The molecule has 4 aromatic rings. The maximum absolute atomic E-state index is 13.6. The van der Waals surface area contributed by atoms with Crippen LogP contribution in [-0.4, -0.2) is 28.5 Å². The van der Waals surface area contributed by atoms with Crippen molar-refractivity contribution in [2.45, 2.75) is 33.3 Å². The summed E-state index contributed by atoms with van der Waals surface area (Å²) >= 11 is 3.21. The number of rotatable bonds is 7. The Morgan fingerprint density at radius 1 is 0.810 bits per heavy atom. The van der Waals surface area contributed by atoms with Gasteiger partial charge in [-0.2, -0.15) is 0 Å². The van der Waals surface area contributed by atoms with E-state index in [1.54, 1.807) is 11.8 Å². The van der Waals surface area contributed by atoms with Crippen molar-refractivity contribution in [2.24, 2.45) is 0 Å². The van der Waals surface area contributed by atoms with E-state index >= 15 is 0 Å². The summed E-state index contributed by atoms with van der Waals surface area (Å²) in [5.74, 6) is 1.33. The summed E-state index contributed by atoms with van der Waals surface area (Å²) in [5, 5.41) is 5.86. The SMILES string of the molecule is CC(Sc1cccc(NC(=O)N2c3ccccc3SC3C=CC=CC32)c1)C(=O)Nc1ccc(Oc2ccccc2)cc1. The van der Waals surface area contributed by atoms with Gasteiger partial charge in [0.15, 0.2) is 0 Å². The average molecular weight is 592 g/mol. The first-order valence-electron chi connectivity index (χ1n) is 13.6. The number of benzene rings is 4. The van der Waals surface area contributed by atoms with Crippen molar-refractivity contribution in [3.8, 4) is 11.5 Å². The van der Waals surface area contributed by atoms with E-state index in [1.807, 2.05) is 121 Å². The molecule has 0 saturated heterocycles. The fourth-order valence-electron chi connectivity index (χ4n) is 4.79. The highest BCUT2D eigenvalue weighted by Crippen LogP contribution is 2.43. The van der Waals surface area contributed by atoms with Crippen molar-refractivity contribution in [1.29, 1.82) is 0 Å². The van der Waals surface area contributed by atoms with Crippen LogP contribution < -0.4 is 20.3 Å². The standard InChI is InChI=1S/C34H29N3O3S2/c1-23(33(38)35-24-18-20-27(21-19-24)40-26-11-3-2-4-12-26)41-28-13-9-10-25(22-28)36-34(39)37-29-14-5-7-16-31(29)42-32-17-8-6-15-30(32)37/h2-23,29,31H,1H3,(H,35,38)(H,36,39). The Morgan fingerprint density at radius 2 is 1.55 bits per heavy atom. The lowest BCUT2D eigenvalue weighted by Crippen LogP contribution is -2.49. The number of carbonyl (C=O) groups is 2. The number of nitrogens with one attached hydrogen (secondary N) is 2. The number of para-hydroxylation sites is 2. The first-order valence-corrected chi connectivity index (χ1v) is 15.4. The lowest BCUT2D eigenvalue weighted by Gasteiger charge is -2.40. The predicted molar refractivity (Wildman–Crippen MR) is 173 cm³/mol. The van der Waals surface area contributed by atoms with E-state index < -0.39 is 0 Å². The molecule has 42 heavy (non-hydrogen) atoms. The molecule has 0 fully saturated rings. The zero-order valence-corrected chi connectivity index (χ0v) is 24.5. The molecule has 6 nitrogen and oxygen atoms in total. The van der Waals surface area contributed by atoms with Crippen LogP contribution in [0.15, 0.2) is 137 Å². The summed E-state index contributed by atoms with van der Waals surface area (Å²) < 4.78 is 5.83. The lowest BCUT2D eigenvalue weighted by atomic mass is 10.1. The molecule has 3 amide bonds. The number of anilines is 3. The second-order valence-corrected chi connectivity index (χ2v) is 12.5. The van der Waals surface area contributed by atoms with Crippen LogP contribution in [-0.2, 0) is 4.79 Å². The maximum atomic E-state index is 13.6. The van der Waals surface area contributed by atoms with Crippen LogP contribution in [0.3, 0.4) is 0 Å². The molecule has 3 unspecified atom stereocenters. The largest absolute Gasteiger partial charge is 0.457 e. The van der Waals surface area contributed by atoms with Crippen LogP contribution in [0.2, 0.25) is 0 Å². The first-order chi connectivity index (χ1) is 20.5. The Morgan fingerprint density at radius 3 is 2.38 bits per heavy atom. The molecule has 0 bridgehead atoms. The van der Waals surface area contributed by atoms with Crippen molar-refractivity contribution < 1.29 is 14.3 Å². The zero-order valence-electron chi connectivity index (χ0n) is 22.8. The summed E-state index contributed by atoms with van der Waals surface area (Å²) in [6.07, 6.45) is 8.24. The van der Waals surface area contributed by atoms with Crippen LogP contribution in [0.4, 0.5) is 21.9 Å². The number of fused-ring (bicyclic) bond motifs is 2. The number of urea groups is 1. The minimum absolute atomic E-state index is 0.0739. The number of thioether (sulfide) groups is 2. The minimum atomic E-state index is -0.359. The van der Waals surface area contributed by atoms with E-state index in [4.69, 9.17) is 4.74 Å². The molecule has 0 radical (unpaired) electrons. The molecule has 3 atom stereocenters. The van der Waals surface area contributed by atoms with Crippen molar-refractivity contribution in [3.05, 3.63) is 127 Å². The summed E-state index contributed by atoms with van der Waals surface area (Å²) in [6, 6.07) is 32.2. The van der Waals surface area contributed by atoms with Gasteiger partial charge in [-0.05, 0) is 73.7 Å². The van der Waals surface area contributed by atoms with E-state index in [0.717, 1.165) is 21.2 Å². The third-order valence-electron chi connectivity index (χ3n) is 6.83. The van der Waals surface area contributed by atoms with Crippen molar-refractivity contribution in [1.82, 2.24) is 0 Å². The van der Waals surface area contributed by atoms with Crippen LogP contribution in [0.5, 0.6) is 11.5 Å². The van der Waals surface area contributed by atoms with Crippen molar-refractivity contribution in [3.63, 3.8) is 0 Å². The highest BCUT2D eigenvalue weighted by molar-refractivity contribution is 8.00. The summed E-state index contributed by atoms with van der Waals surface area (Å²) in [4.78, 5) is 30.4. The molecular formula is C34H29N3O3S2. The zero-order chi connectivity index (χ0) is 28.9. The topological polar surface area (TPSA) is 70.7 Å². The molecule has 8 heteroatoms. The monoisotopic (exact) mass is 591 g/mol. The Bertz CT molecular complexity index is 1640. The highest BCUT2D eigenvalue weighted by Gasteiger charge is 2.36. The summed E-state index contributed by atoms with van der Waals surface area (Å²) in [5.41, 5.74) is 2.27. The van der Waals surface area contributed by atoms with Gasteiger partial charge in [-0.3, -0.25) is 9.69 Å². The molecule has 0 spiro atoms. The van der Waals surface area contributed by atoms with Gasteiger partial charge in [0, 0.05) is 21.2 Å². The van der Waals surface area contributed by atoms with Crippen LogP contribution in [0, 0.1) is 0 Å². The molecule has 0 saturated carbocycles. The molecule has 4 aromatic carbocycles. The Hall–Kier alpha value is -4.40. The van der Waals surface area contributed by atoms with E-state index in [2.05, 4.69) is 28.9 Å². The number of hydrogen-bond acceptors (Lipinski definition) is 5. The third-order valence-corrected chi connectivity index (χ3v) is 9.23. The Labute approximate surface area is 253 Å². The predicted octanol–water partition coefficient (Wildman–Crippen LogP) is 8.61. The highest BCUT2D eigenvalue weighted by atomic mass is 32.2. The van der Waals surface area contributed by atoms with Crippen LogP contribution >= 0.6 is 23.5 Å². The average Bonchev–Trinajstić information content (AvgIpc) is 3.01. The second-order valence-electron chi connectivity index (χ2n) is 9.83. The molecular weight excluding hydrogens is 563 g/mol. The van der Waals surface area contributed by atoms with Gasteiger partial charge in [-0.25, -0.2) is 4.79 Å². The number of nitrogens with zero attached hydrogens (tertiary/aromatic N) is 1. The van der Waals surface area contributed by atoms with Crippen LogP contribution in [0.25, 0.3) is 0 Å². The van der Waals surface area contributed by atoms with Crippen LogP contribution in [0.1, 0.15) is 6.92 Å². The lowest BCUT2D eigenvalue weighted by molar-refractivity contribution is -0.115. The Balaban J connectivity index is 1.08. The van der Waals surface area contributed by atoms with Gasteiger partial charge in [0.25, 0.3) is 0 Å². The fourth-order valence-corrected chi connectivity index (χ4v) is 6.97. The number of carbonyl (C=O) groups excluding carboxylic acids is 2. The van der Waals surface area contributed by atoms with Gasteiger partial charge < -0.3 is 15.4 Å². The number of ether oxygens (including phenoxy) is 1. The molecule has 2 aliphatic rings. The van der Waals surface area contributed by atoms with Crippen molar-refractivity contribution >= 4 is 52.5 Å². The summed E-state index contributed by atoms with van der Waals surface area (Å²) in [7, 11) is 0. The van der Waals surface area contributed by atoms with Gasteiger partial charge in [0.2, 0.25) is 5.91 Å². The molecule has 210 valence electrons. The van der Waals surface area contributed by atoms with E-state index in [-0.39, 0.29) is 28.5 Å². The van der Waals surface area contributed by atoms with Gasteiger partial charge in [-0.1, -0.05) is 60.7 Å². The minimum Gasteiger partial charge on any atom is -0.457 e. The molecule has 1 heterocycles.